The Hall–Kier alpha value is -1.64. The SMILES string of the molecule is O=C(CN1C(=O)S/C(=C\c2cccs2)C1=O)NC[C@@H]1CCCO1. The molecular formula is C15H16N2O4S2. The fourth-order valence-corrected chi connectivity index (χ4v) is 3.93. The summed E-state index contributed by atoms with van der Waals surface area (Å²) in [4.78, 5) is 38.4. The normalized spacial score (nSPS) is 23.0. The summed E-state index contributed by atoms with van der Waals surface area (Å²) in [6, 6.07) is 3.74. The number of ether oxygens (including phenoxy) is 1. The van der Waals surface area contributed by atoms with E-state index >= 15 is 0 Å². The van der Waals surface area contributed by atoms with Crippen molar-refractivity contribution in [2.24, 2.45) is 0 Å². The largest absolute Gasteiger partial charge is 0.376 e. The molecule has 1 N–H and O–H groups in total. The van der Waals surface area contributed by atoms with Crippen LogP contribution in [0.25, 0.3) is 6.08 Å². The van der Waals surface area contributed by atoms with Gasteiger partial charge in [-0.2, -0.15) is 0 Å². The minimum absolute atomic E-state index is 0.0348. The third-order valence-electron chi connectivity index (χ3n) is 3.54. The van der Waals surface area contributed by atoms with Gasteiger partial charge in [0, 0.05) is 18.0 Å². The van der Waals surface area contributed by atoms with Gasteiger partial charge in [-0.3, -0.25) is 19.3 Å². The summed E-state index contributed by atoms with van der Waals surface area (Å²) in [5.74, 6) is -0.763. The van der Waals surface area contributed by atoms with E-state index in [4.69, 9.17) is 4.74 Å². The molecule has 2 aliphatic heterocycles. The van der Waals surface area contributed by atoms with Crippen molar-refractivity contribution in [2.45, 2.75) is 18.9 Å². The minimum atomic E-state index is -0.416. The fourth-order valence-electron chi connectivity index (χ4n) is 2.37. The molecule has 122 valence electrons. The summed E-state index contributed by atoms with van der Waals surface area (Å²) in [5, 5.41) is 4.20. The number of rotatable bonds is 5. The van der Waals surface area contributed by atoms with Gasteiger partial charge in [-0.1, -0.05) is 6.07 Å². The van der Waals surface area contributed by atoms with Crippen LogP contribution in [0.4, 0.5) is 4.79 Å². The van der Waals surface area contributed by atoms with Crippen molar-refractivity contribution in [3.05, 3.63) is 27.3 Å². The second-order valence-electron chi connectivity index (χ2n) is 5.22. The quantitative estimate of drug-likeness (QED) is 0.821. The molecule has 0 radical (unpaired) electrons. The molecule has 1 aromatic rings. The van der Waals surface area contributed by atoms with Crippen LogP contribution in [0.15, 0.2) is 22.4 Å². The van der Waals surface area contributed by atoms with Gasteiger partial charge in [0.05, 0.1) is 11.0 Å². The van der Waals surface area contributed by atoms with Crippen molar-refractivity contribution >= 4 is 46.2 Å². The number of amides is 3. The summed E-state index contributed by atoms with van der Waals surface area (Å²) in [7, 11) is 0. The van der Waals surface area contributed by atoms with Gasteiger partial charge in [-0.25, -0.2) is 0 Å². The Bertz CT molecular complexity index is 636. The molecule has 0 aliphatic carbocycles. The molecule has 0 unspecified atom stereocenters. The Morgan fingerprint density at radius 2 is 2.35 bits per heavy atom. The van der Waals surface area contributed by atoms with Crippen molar-refractivity contribution < 1.29 is 19.1 Å². The van der Waals surface area contributed by atoms with Gasteiger partial charge < -0.3 is 10.1 Å². The van der Waals surface area contributed by atoms with Gasteiger partial charge in [-0.05, 0) is 42.1 Å². The van der Waals surface area contributed by atoms with Crippen LogP contribution < -0.4 is 5.32 Å². The second kappa shape index (κ2) is 7.29. The van der Waals surface area contributed by atoms with Crippen molar-refractivity contribution in [3.63, 3.8) is 0 Å². The monoisotopic (exact) mass is 352 g/mol. The molecule has 6 nitrogen and oxygen atoms in total. The summed E-state index contributed by atoms with van der Waals surface area (Å²) in [6.07, 6.45) is 3.63. The first kappa shape index (κ1) is 16.2. The van der Waals surface area contributed by atoms with Crippen molar-refractivity contribution in [2.75, 3.05) is 19.7 Å². The number of nitrogens with one attached hydrogen (secondary N) is 1. The fraction of sp³-hybridized carbons (Fsp3) is 0.400. The third kappa shape index (κ3) is 4.01. The lowest BCUT2D eigenvalue weighted by molar-refractivity contribution is -0.129. The van der Waals surface area contributed by atoms with Gasteiger partial charge in [-0.15, -0.1) is 11.3 Å². The number of thiophene rings is 1. The van der Waals surface area contributed by atoms with Crippen molar-refractivity contribution in [1.82, 2.24) is 10.2 Å². The van der Waals surface area contributed by atoms with Crippen LogP contribution in [0.3, 0.4) is 0 Å². The van der Waals surface area contributed by atoms with Crippen LogP contribution in [0, 0.1) is 0 Å². The molecule has 0 bridgehead atoms. The number of carbonyl (C=O) groups is 3. The lowest BCUT2D eigenvalue weighted by Gasteiger charge is -2.14. The first-order chi connectivity index (χ1) is 11.1. The lowest BCUT2D eigenvalue weighted by atomic mass is 10.2. The predicted octanol–water partition coefficient (Wildman–Crippen LogP) is 2.08. The smallest absolute Gasteiger partial charge is 0.294 e. The first-order valence-corrected chi connectivity index (χ1v) is 9.00. The summed E-state index contributed by atoms with van der Waals surface area (Å²) >= 11 is 2.35. The molecule has 2 saturated heterocycles. The Balaban J connectivity index is 1.56. The number of hydrogen-bond donors (Lipinski definition) is 1. The van der Waals surface area contributed by atoms with Gasteiger partial charge in [0.1, 0.15) is 6.54 Å². The third-order valence-corrected chi connectivity index (χ3v) is 5.27. The van der Waals surface area contributed by atoms with E-state index < -0.39 is 11.1 Å². The molecule has 23 heavy (non-hydrogen) atoms. The Kier molecular flexibility index (Phi) is 5.14. The van der Waals surface area contributed by atoms with Crippen LogP contribution in [0.5, 0.6) is 0 Å². The van der Waals surface area contributed by atoms with E-state index in [9.17, 15) is 14.4 Å². The Morgan fingerprint density at radius 3 is 3.04 bits per heavy atom. The zero-order chi connectivity index (χ0) is 16.2. The van der Waals surface area contributed by atoms with Gasteiger partial charge in [0.25, 0.3) is 11.1 Å². The van der Waals surface area contributed by atoms with Crippen LogP contribution in [-0.4, -0.2) is 47.8 Å². The van der Waals surface area contributed by atoms with Gasteiger partial charge in [0.15, 0.2) is 0 Å². The molecular weight excluding hydrogens is 336 g/mol. The van der Waals surface area contributed by atoms with Crippen LogP contribution in [0.1, 0.15) is 17.7 Å². The predicted molar refractivity (Wildman–Crippen MR) is 89.0 cm³/mol. The van der Waals surface area contributed by atoms with E-state index in [1.807, 2.05) is 17.5 Å². The molecule has 8 heteroatoms. The Labute approximate surface area is 141 Å². The van der Waals surface area contributed by atoms with Crippen LogP contribution in [0.2, 0.25) is 0 Å². The second-order valence-corrected chi connectivity index (χ2v) is 7.19. The average molecular weight is 352 g/mol. The van der Waals surface area contributed by atoms with E-state index in [2.05, 4.69) is 5.32 Å². The molecule has 0 aromatic carbocycles. The van der Waals surface area contributed by atoms with Crippen LogP contribution in [-0.2, 0) is 14.3 Å². The molecule has 0 saturated carbocycles. The molecule has 2 fully saturated rings. The highest BCUT2D eigenvalue weighted by Gasteiger charge is 2.36. The number of carbonyl (C=O) groups excluding carboxylic acids is 3. The maximum absolute atomic E-state index is 12.3. The molecule has 3 heterocycles. The number of nitrogens with zero attached hydrogens (tertiary/aromatic N) is 1. The van der Waals surface area contributed by atoms with Crippen molar-refractivity contribution in [3.8, 4) is 0 Å². The van der Waals surface area contributed by atoms with E-state index in [0.717, 1.165) is 41.0 Å². The molecule has 2 aliphatic rings. The minimum Gasteiger partial charge on any atom is -0.376 e. The first-order valence-electron chi connectivity index (χ1n) is 7.30. The topological polar surface area (TPSA) is 75.7 Å². The summed E-state index contributed by atoms with van der Waals surface area (Å²) in [5.41, 5.74) is 0. The van der Waals surface area contributed by atoms with Crippen molar-refractivity contribution in [1.29, 1.82) is 0 Å². The average Bonchev–Trinajstić information content (AvgIpc) is 3.25. The molecule has 3 rings (SSSR count). The summed E-state index contributed by atoms with van der Waals surface area (Å²) < 4.78 is 5.42. The van der Waals surface area contributed by atoms with E-state index in [-0.39, 0.29) is 18.6 Å². The zero-order valence-corrected chi connectivity index (χ0v) is 14.0. The number of hydrogen-bond acceptors (Lipinski definition) is 6. The number of imide groups is 1. The highest BCUT2D eigenvalue weighted by Crippen LogP contribution is 2.32. The van der Waals surface area contributed by atoms with Crippen LogP contribution >= 0.6 is 23.1 Å². The maximum atomic E-state index is 12.3. The standard InChI is InChI=1S/C15H16N2O4S2/c18-13(16-8-10-3-1-5-21-10)9-17-14(19)12(23-15(17)20)7-11-4-2-6-22-11/h2,4,6-7,10H,1,3,5,8-9H2,(H,16,18)/b12-7-/t10-/m0/s1. The van der Waals surface area contributed by atoms with E-state index in [1.54, 1.807) is 6.08 Å². The highest BCUT2D eigenvalue weighted by atomic mass is 32.2. The Morgan fingerprint density at radius 1 is 1.48 bits per heavy atom. The van der Waals surface area contributed by atoms with Gasteiger partial charge >= 0.3 is 0 Å². The lowest BCUT2D eigenvalue weighted by Crippen LogP contribution is -2.41. The molecule has 1 aromatic heterocycles. The van der Waals surface area contributed by atoms with Gasteiger partial charge in [0.2, 0.25) is 5.91 Å². The van der Waals surface area contributed by atoms with E-state index in [0.29, 0.717) is 11.4 Å². The maximum Gasteiger partial charge on any atom is 0.294 e. The zero-order valence-electron chi connectivity index (χ0n) is 12.3. The number of thioether (sulfide) groups is 1. The van der Waals surface area contributed by atoms with E-state index in [1.165, 1.54) is 11.3 Å². The molecule has 0 spiro atoms. The summed E-state index contributed by atoms with van der Waals surface area (Å²) in [6.45, 7) is 0.885. The molecule has 1 atom stereocenters. The molecule has 3 amide bonds. The highest BCUT2D eigenvalue weighted by molar-refractivity contribution is 8.18.